The minimum Gasteiger partial charge on any atom is -0.467 e. The van der Waals surface area contributed by atoms with E-state index in [2.05, 4.69) is 10.6 Å². The predicted octanol–water partition coefficient (Wildman–Crippen LogP) is 2.83. The van der Waals surface area contributed by atoms with Crippen LogP contribution in [-0.2, 0) is 0 Å². The molecule has 2 amide bonds. The summed E-state index contributed by atoms with van der Waals surface area (Å²) >= 11 is 0. The molecule has 5 heteroatoms. The fraction of sp³-hybridized carbons (Fsp3) is 0.267. The number of benzene rings is 1. The summed E-state index contributed by atoms with van der Waals surface area (Å²) in [6, 6.07) is 10.7. The molecule has 1 aromatic heterocycles. The maximum atomic E-state index is 11.7. The number of aliphatic hydroxyl groups excluding tert-OH is 1. The van der Waals surface area contributed by atoms with E-state index in [1.165, 1.54) is 6.26 Å². The van der Waals surface area contributed by atoms with Crippen LogP contribution in [0.2, 0.25) is 0 Å². The first kappa shape index (κ1) is 14.1. The Balaban J connectivity index is 1.74. The van der Waals surface area contributed by atoms with Crippen molar-refractivity contribution in [2.75, 3.05) is 11.9 Å². The number of para-hydroxylation sites is 1. The molecule has 106 valence electrons. The van der Waals surface area contributed by atoms with E-state index in [0.717, 1.165) is 11.3 Å². The minimum absolute atomic E-state index is 0.286. The van der Waals surface area contributed by atoms with Crippen molar-refractivity contribution in [1.82, 2.24) is 5.32 Å². The fourth-order valence-electron chi connectivity index (χ4n) is 1.83. The molecule has 0 radical (unpaired) electrons. The number of anilines is 1. The quantitative estimate of drug-likeness (QED) is 0.784. The third kappa shape index (κ3) is 3.86. The number of furan rings is 1. The molecule has 0 aliphatic carbocycles. The van der Waals surface area contributed by atoms with Crippen LogP contribution in [0, 0.1) is 6.92 Å². The van der Waals surface area contributed by atoms with E-state index in [4.69, 9.17) is 4.42 Å². The highest BCUT2D eigenvalue weighted by molar-refractivity contribution is 5.89. The SMILES string of the molecule is Cc1ccccc1NC(=O)NCC[C@H](O)c1ccco1. The molecule has 20 heavy (non-hydrogen) atoms. The van der Waals surface area contributed by atoms with Crippen molar-refractivity contribution in [3.05, 3.63) is 54.0 Å². The lowest BCUT2D eigenvalue weighted by Crippen LogP contribution is -2.30. The number of urea groups is 1. The highest BCUT2D eigenvalue weighted by Crippen LogP contribution is 2.16. The summed E-state index contributed by atoms with van der Waals surface area (Å²) in [5, 5.41) is 15.3. The van der Waals surface area contributed by atoms with Gasteiger partial charge >= 0.3 is 6.03 Å². The third-order valence-electron chi connectivity index (χ3n) is 2.97. The Bertz CT molecular complexity index is 552. The molecule has 3 N–H and O–H groups in total. The van der Waals surface area contributed by atoms with Crippen LogP contribution in [0.5, 0.6) is 0 Å². The molecule has 0 bridgehead atoms. The monoisotopic (exact) mass is 274 g/mol. The number of hydrogen-bond donors (Lipinski definition) is 3. The molecule has 0 spiro atoms. The van der Waals surface area contributed by atoms with E-state index in [0.29, 0.717) is 18.7 Å². The van der Waals surface area contributed by atoms with Crippen molar-refractivity contribution in [3.8, 4) is 0 Å². The Morgan fingerprint density at radius 2 is 2.10 bits per heavy atom. The normalized spacial score (nSPS) is 11.9. The average molecular weight is 274 g/mol. The highest BCUT2D eigenvalue weighted by atomic mass is 16.4. The van der Waals surface area contributed by atoms with Crippen LogP contribution in [0.15, 0.2) is 47.1 Å². The van der Waals surface area contributed by atoms with Crippen molar-refractivity contribution in [2.24, 2.45) is 0 Å². The van der Waals surface area contributed by atoms with Crippen LogP contribution < -0.4 is 10.6 Å². The molecule has 0 saturated carbocycles. The number of rotatable bonds is 5. The van der Waals surface area contributed by atoms with Gasteiger partial charge in [0.25, 0.3) is 0 Å². The van der Waals surface area contributed by atoms with Gasteiger partial charge in [0.1, 0.15) is 11.9 Å². The second-order valence-corrected chi connectivity index (χ2v) is 4.52. The predicted molar refractivity (Wildman–Crippen MR) is 76.5 cm³/mol. The summed E-state index contributed by atoms with van der Waals surface area (Å²) in [7, 11) is 0. The average Bonchev–Trinajstić information content (AvgIpc) is 2.95. The molecule has 1 aromatic carbocycles. The van der Waals surface area contributed by atoms with Crippen LogP contribution in [0.25, 0.3) is 0 Å². The topological polar surface area (TPSA) is 74.5 Å². The van der Waals surface area contributed by atoms with E-state index >= 15 is 0 Å². The first-order valence-electron chi connectivity index (χ1n) is 6.49. The molecule has 0 aliphatic rings. The lowest BCUT2D eigenvalue weighted by molar-refractivity contribution is 0.140. The Kier molecular flexibility index (Phi) is 4.79. The van der Waals surface area contributed by atoms with Gasteiger partial charge in [0.05, 0.1) is 6.26 Å². The summed E-state index contributed by atoms with van der Waals surface area (Å²) in [6.45, 7) is 2.29. The number of nitrogens with one attached hydrogen (secondary N) is 2. The Labute approximate surface area is 117 Å². The van der Waals surface area contributed by atoms with Gasteiger partial charge in [-0.2, -0.15) is 0 Å². The van der Waals surface area contributed by atoms with Gasteiger partial charge in [0.15, 0.2) is 0 Å². The molecule has 0 aliphatic heterocycles. The van der Waals surface area contributed by atoms with E-state index in [1.807, 2.05) is 31.2 Å². The maximum Gasteiger partial charge on any atom is 0.319 e. The number of amides is 2. The Morgan fingerprint density at radius 1 is 1.30 bits per heavy atom. The summed E-state index contributed by atoms with van der Waals surface area (Å²) in [5.41, 5.74) is 1.77. The van der Waals surface area contributed by atoms with Gasteiger partial charge < -0.3 is 20.2 Å². The summed E-state index contributed by atoms with van der Waals surface area (Å²) in [6.07, 6.45) is 1.20. The lowest BCUT2D eigenvalue weighted by Gasteiger charge is -2.11. The van der Waals surface area contributed by atoms with Gasteiger partial charge in [-0.05, 0) is 37.1 Å². The zero-order valence-electron chi connectivity index (χ0n) is 11.3. The molecule has 1 heterocycles. The molecule has 2 aromatic rings. The van der Waals surface area contributed by atoms with Crippen molar-refractivity contribution < 1.29 is 14.3 Å². The molecule has 2 rings (SSSR count). The second-order valence-electron chi connectivity index (χ2n) is 4.52. The third-order valence-corrected chi connectivity index (χ3v) is 2.97. The van der Waals surface area contributed by atoms with Gasteiger partial charge in [-0.15, -0.1) is 0 Å². The highest BCUT2D eigenvalue weighted by Gasteiger charge is 2.10. The number of hydrogen-bond acceptors (Lipinski definition) is 3. The maximum absolute atomic E-state index is 11.7. The fourth-order valence-corrected chi connectivity index (χ4v) is 1.83. The molecular weight excluding hydrogens is 256 g/mol. The van der Waals surface area contributed by atoms with Crippen molar-refractivity contribution in [3.63, 3.8) is 0 Å². The Hall–Kier alpha value is -2.27. The van der Waals surface area contributed by atoms with Crippen LogP contribution in [-0.4, -0.2) is 17.7 Å². The first-order chi connectivity index (χ1) is 9.66. The summed E-state index contributed by atoms with van der Waals surface area (Å²) in [5.74, 6) is 0.506. The number of carbonyl (C=O) groups excluding carboxylic acids is 1. The van der Waals surface area contributed by atoms with Crippen molar-refractivity contribution in [2.45, 2.75) is 19.4 Å². The molecule has 0 saturated heterocycles. The molecule has 0 unspecified atom stereocenters. The van der Waals surface area contributed by atoms with E-state index in [9.17, 15) is 9.90 Å². The first-order valence-corrected chi connectivity index (χ1v) is 6.49. The van der Waals surface area contributed by atoms with Gasteiger partial charge in [0, 0.05) is 12.2 Å². The van der Waals surface area contributed by atoms with Crippen molar-refractivity contribution in [1.29, 1.82) is 0 Å². The molecule has 0 fully saturated rings. The molecule has 5 nitrogen and oxygen atoms in total. The summed E-state index contributed by atoms with van der Waals surface area (Å²) < 4.78 is 5.09. The van der Waals surface area contributed by atoms with Gasteiger partial charge in [-0.1, -0.05) is 18.2 Å². The second kappa shape index (κ2) is 6.77. The van der Waals surface area contributed by atoms with E-state index < -0.39 is 6.10 Å². The minimum atomic E-state index is -0.705. The van der Waals surface area contributed by atoms with Crippen LogP contribution in [0.3, 0.4) is 0 Å². The summed E-state index contributed by atoms with van der Waals surface area (Å²) in [4.78, 5) is 11.7. The number of aliphatic hydroxyl groups is 1. The smallest absolute Gasteiger partial charge is 0.319 e. The van der Waals surface area contributed by atoms with E-state index in [1.54, 1.807) is 12.1 Å². The van der Waals surface area contributed by atoms with Crippen molar-refractivity contribution >= 4 is 11.7 Å². The molecular formula is C15H18N2O3. The lowest BCUT2D eigenvalue weighted by atomic mass is 10.2. The van der Waals surface area contributed by atoms with Crippen LogP contribution in [0.4, 0.5) is 10.5 Å². The standard InChI is InChI=1S/C15H18N2O3/c1-11-5-2-3-6-12(11)17-15(19)16-9-8-13(18)14-7-4-10-20-14/h2-7,10,13,18H,8-9H2,1H3,(H2,16,17,19)/t13-/m0/s1. The van der Waals surface area contributed by atoms with E-state index in [-0.39, 0.29) is 6.03 Å². The van der Waals surface area contributed by atoms with Crippen LogP contribution >= 0.6 is 0 Å². The molecule has 1 atom stereocenters. The number of aryl methyl sites for hydroxylation is 1. The zero-order chi connectivity index (χ0) is 14.4. The Morgan fingerprint density at radius 3 is 2.80 bits per heavy atom. The van der Waals surface area contributed by atoms with Gasteiger partial charge in [-0.3, -0.25) is 0 Å². The van der Waals surface area contributed by atoms with Gasteiger partial charge in [0.2, 0.25) is 0 Å². The largest absolute Gasteiger partial charge is 0.467 e. The van der Waals surface area contributed by atoms with Crippen LogP contribution in [0.1, 0.15) is 23.8 Å². The number of carbonyl (C=O) groups is 1. The zero-order valence-corrected chi connectivity index (χ0v) is 11.3. The van der Waals surface area contributed by atoms with Gasteiger partial charge in [-0.25, -0.2) is 4.79 Å².